The number of aromatic nitrogens is 1. The minimum Gasteiger partial charge on any atom is -0.481 e. The smallest absolute Gasteiger partial charge is 0.298 e. The maximum absolute atomic E-state index is 11.8. The molecule has 1 aromatic carbocycles. The first-order chi connectivity index (χ1) is 16.2. The molecule has 7 nitrogen and oxygen atoms in total. The van der Waals surface area contributed by atoms with E-state index in [9.17, 15) is 13.2 Å². The van der Waals surface area contributed by atoms with Gasteiger partial charge in [0.05, 0.1) is 12.8 Å². The van der Waals surface area contributed by atoms with Gasteiger partial charge in [-0.2, -0.15) is 8.42 Å². The number of allylic oxidation sites excluding steroid dienone is 1. The molecule has 2 fully saturated rings. The van der Waals surface area contributed by atoms with Crippen LogP contribution in [0.25, 0.3) is 5.57 Å². The number of nitrogens with two attached hydrogens (primary N) is 1. The molecule has 3 N–H and O–H groups in total. The lowest BCUT2D eigenvalue weighted by Crippen LogP contribution is -2.36. The molecule has 0 aliphatic heterocycles. The summed E-state index contributed by atoms with van der Waals surface area (Å²) < 4.78 is 29.4. The Hall–Kier alpha value is -2.42. The summed E-state index contributed by atoms with van der Waals surface area (Å²) in [6, 6.07) is 9.93. The summed E-state index contributed by atoms with van der Waals surface area (Å²) in [5.74, 6) is 1.04. The van der Waals surface area contributed by atoms with E-state index in [2.05, 4.69) is 18.2 Å². The Morgan fingerprint density at radius 1 is 1.21 bits per heavy atom. The number of hydrogen-bond acceptors (Lipinski definition) is 5. The van der Waals surface area contributed by atoms with Gasteiger partial charge in [0.15, 0.2) is 0 Å². The van der Waals surface area contributed by atoms with E-state index in [0.717, 1.165) is 40.8 Å². The second kappa shape index (κ2) is 10.5. The van der Waals surface area contributed by atoms with E-state index in [0.29, 0.717) is 29.2 Å². The third kappa shape index (κ3) is 6.37. The number of pyridine rings is 1. The monoisotopic (exact) mass is 503 g/mol. The second-order valence-electron chi connectivity index (χ2n) is 9.07. The molecular weight excluding hydrogens is 474 g/mol. The van der Waals surface area contributed by atoms with Crippen LogP contribution in [0.2, 0.25) is 5.02 Å². The third-order valence-corrected chi connectivity index (χ3v) is 7.28. The standard InChI is InChI=1S/C25H30ClN3O4S/c1-33-25-20(17-6-7-17)11-12-23(28-25)21(14-16-4-2-3-5-16)19-9-8-18(22(26)15-19)10-13-24(30)29-34(27,31)32/h8-9,11-12,14-17H,2-7,10,13H2,1H3,(H,29,30)(H2,27,31,32)/b21-14+. The highest BCUT2D eigenvalue weighted by atomic mass is 35.5. The summed E-state index contributed by atoms with van der Waals surface area (Å²) >= 11 is 6.58. The van der Waals surface area contributed by atoms with Gasteiger partial charge in [-0.1, -0.05) is 48.7 Å². The van der Waals surface area contributed by atoms with E-state index in [1.807, 2.05) is 18.2 Å². The largest absolute Gasteiger partial charge is 0.481 e. The summed E-state index contributed by atoms with van der Waals surface area (Å²) in [6.45, 7) is 0. The molecule has 1 amide bonds. The molecule has 0 spiro atoms. The molecule has 1 aromatic heterocycles. The molecule has 0 bridgehead atoms. The molecule has 2 aromatic rings. The van der Waals surface area contributed by atoms with Gasteiger partial charge in [-0.05, 0) is 67.2 Å². The van der Waals surface area contributed by atoms with E-state index < -0.39 is 16.1 Å². The molecule has 182 valence electrons. The lowest BCUT2D eigenvalue weighted by molar-refractivity contribution is -0.119. The summed E-state index contributed by atoms with van der Waals surface area (Å²) in [5, 5.41) is 5.37. The Bertz CT molecular complexity index is 1200. The zero-order valence-electron chi connectivity index (χ0n) is 19.2. The summed E-state index contributed by atoms with van der Waals surface area (Å²) in [7, 11) is -2.40. The molecule has 0 atom stereocenters. The molecule has 34 heavy (non-hydrogen) atoms. The number of benzene rings is 1. The van der Waals surface area contributed by atoms with Crippen molar-refractivity contribution in [3.63, 3.8) is 0 Å². The summed E-state index contributed by atoms with van der Waals surface area (Å²) in [6.07, 6.45) is 9.68. The van der Waals surface area contributed by atoms with Crippen LogP contribution in [0.15, 0.2) is 36.4 Å². The van der Waals surface area contributed by atoms with E-state index in [1.165, 1.54) is 25.7 Å². The van der Waals surface area contributed by atoms with Gasteiger partial charge >= 0.3 is 0 Å². The van der Waals surface area contributed by atoms with Crippen LogP contribution < -0.4 is 14.6 Å². The molecule has 2 saturated carbocycles. The van der Waals surface area contributed by atoms with Crippen molar-refractivity contribution in [2.45, 2.75) is 57.3 Å². The zero-order chi connectivity index (χ0) is 24.3. The highest BCUT2D eigenvalue weighted by molar-refractivity contribution is 7.87. The van der Waals surface area contributed by atoms with Crippen LogP contribution in [0.3, 0.4) is 0 Å². The number of halogens is 1. The normalized spacial score (nSPS) is 17.1. The number of nitrogens with one attached hydrogen (secondary N) is 1. The fraction of sp³-hybridized carbons (Fsp3) is 0.440. The molecule has 2 aliphatic rings. The lowest BCUT2D eigenvalue weighted by Gasteiger charge is -2.15. The molecule has 9 heteroatoms. The molecule has 4 rings (SSSR count). The number of carbonyl (C=O) groups excluding carboxylic acids is 1. The van der Waals surface area contributed by atoms with Crippen LogP contribution in [0, 0.1) is 5.92 Å². The molecule has 2 aliphatic carbocycles. The van der Waals surface area contributed by atoms with E-state index in [-0.39, 0.29) is 6.42 Å². The highest BCUT2D eigenvalue weighted by Crippen LogP contribution is 2.44. The van der Waals surface area contributed by atoms with Crippen LogP contribution in [0.4, 0.5) is 0 Å². The molecule has 0 radical (unpaired) electrons. The minimum atomic E-state index is -4.07. The number of nitrogens with zero attached hydrogens (tertiary/aromatic N) is 1. The van der Waals surface area contributed by atoms with Crippen molar-refractivity contribution >= 4 is 33.3 Å². The first kappa shape index (κ1) is 24.7. The first-order valence-corrected chi connectivity index (χ1v) is 13.5. The maximum Gasteiger partial charge on any atom is 0.298 e. The van der Waals surface area contributed by atoms with Crippen molar-refractivity contribution in [1.29, 1.82) is 0 Å². The van der Waals surface area contributed by atoms with Gasteiger partial charge in [-0.25, -0.2) is 14.8 Å². The summed E-state index contributed by atoms with van der Waals surface area (Å²) in [4.78, 5) is 16.7. The van der Waals surface area contributed by atoms with Crippen molar-refractivity contribution in [1.82, 2.24) is 9.71 Å². The molecule has 0 unspecified atom stereocenters. The molecular formula is C25H30ClN3O4S. The Labute approximate surface area is 205 Å². The fourth-order valence-electron chi connectivity index (χ4n) is 4.53. The number of amides is 1. The van der Waals surface area contributed by atoms with E-state index >= 15 is 0 Å². The van der Waals surface area contributed by atoms with Crippen LogP contribution in [0.5, 0.6) is 5.88 Å². The number of hydrogen-bond donors (Lipinski definition) is 2. The number of methoxy groups -OCH3 is 1. The minimum absolute atomic E-state index is 0.0400. The van der Waals surface area contributed by atoms with Gasteiger partial charge < -0.3 is 4.74 Å². The number of ether oxygens (including phenoxy) is 1. The SMILES string of the molecule is COc1nc(/C(=C/C2CCCC2)c2ccc(CCC(=O)NS(N)(=O)=O)c(Cl)c2)ccc1C1CC1. The molecule has 1 heterocycles. The predicted molar refractivity (Wildman–Crippen MR) is 133 cm³/mol. The van der Waals surface area contributed by atoms with Crippen molar-refractivity contribution < 1.29 is 17.9 Å². The number of rotatable bonds is 9. The van der Waals surface area contributed by atoms with Crippen LogP contribution in [0.1, 0.15) is 73.2 Å². The highest BCUT2D eigenvalue weighted by Gasteiger charge is 2.28. The van der Waals surface area contributed by atoms with Gasteiger partial charge in [0.25, 0.3) is 10.2 Å². The Kier molecular flexibility index (Phi) is 7.60. The average Bonchev–Trinajstić information content (AvgIpc) is 3.50. The fourth-order valence-corrected chi connectivity index (χ4v) is 5.23. The van der Waals surface area contributed by atoms with Crippen molar-refractivity contribution in [2.75, 3.05) is 7.11 Å². The van der Waals surface area contributed by atoms with Gasteiger partial charge in [0, 0.05) is 22.6 Å². The Balaban J connectivity index is 1.61. The molecule has 0 saturated heterocycles. The van der Waals surface area contributed by atoms with Gasteiger partial charge in [0.1, 0.15) is 0 Å². The van der Waals surface area contributed by atoms with Gasteiger partial charge in [-0.15, -0.1) is 0 Å². The second-order valence-corrected chi connectivity index (χ2v) is 10.8. The number of aryl methyl sites for hydroxylation is 1. The Morgan fingerprint density at radius 2 is 1.94 bits per heavy atom. The van der Waals surface area contributed by atoms with Crippen LogP contribution >= 0.6 is 11.6 Å². The first-order valence-electron chi connectivity index (χ1n) is 11.6. The Morgan fingerprint density at radius 3 is 2.56 bits per heavy atom. The topological polar surface area (TPSA) is 111 Å². The van der Waals surface area contributed by atoms with Crippen molar-refractivity contribution in [2.24, 2.45) is 11.1 Å². The number of carbonyl (C=O) groups is 1. The van der Waals surface area contributed by atoms with Crippen molar-refractivity contribution in [3.05, 3.63) is 63.8 Å². The van der Waals surface area contributed by atoms with Crippen molar-refractivity contribution in [3.8, 4) is 5.88 Å². The van der Waals surface area contributed by atoms with Gasteiger partial charge in [-0.3, -0.25) is 4.79 Å². The third-order valence-electron chi connectivity index (χ3n) is 6.42. The average molecular weight is 504 g/mol. The van der Waals surface area contributed by atoms with Gasteiger partial charge in [0.2, 0.25) is 11.8 Å². The lowest BCUT2D eigenvalue weighted by atomic mass is 9.94. The maximum atomic E-state index is 11.8. The quantitative estimate of drug-likeness (QED) is 0.523. The van der Waals surface area contributed by atoms with Crippen LogP contribution in [-0.4, -0.2) is 26.4 Å². The predicted octanol–water partition coefficient (Wildman–Crippen LogP) is 4.50. The van der Waals surface area contributed by atoms with E-state index in [1.54, 1.807) is 11.8 Å². The summed E-state index contributed by atoms with van der Waals surface area (Å²) in [5.41, 5.74) is 4.74. The van der Waals surface area contributed by atoms with E-state index in [4.69, 9.17) is 26.5 Å². The van der Waals surface area contributed by atoms with Crippen LogP contribution in [-0.2, 0) is 21.4 Å². The zero-order valence-corrected chi connectivity index (χ0v) is 20.8.